The molecule has 0 saturated carbocycles. The number of aromatic nitrogens is 1. The molecule has 0 radical (unpaired) electrons. The minimum absolute atomic E-state index is 0.771. The Morgan fingerprint density at radius 1 is 1.20 bits per heavy atom. The standard InChI is InChI=1S/C17H17NOS/c1-4-12-6-8-15(20-12)17-14(9-19)13-7-5-10(2)11(3)16(13)18-17/h5-9,18H,4H2,1-3H3. The molecule has 3 aromatic rings. The smallest absolute Gasteiger partial charge is 0.152 e. The van der Waals surface area contributed by atoms with E-state index in [1.807, 2.05) is 6.07 Å². The van der Waals surface area contributed by atoms with Crippen LogP contribution in [-0.4, -0.2) is 11.3 Å². The van der Waals surface area contributed by atoms with Gasteiger partial charge in [0.1, 0.15) is 0 Å². The van der Waals surface area contributed by atoms with Crippen molar-refractivity contribution in [2.75, 3.05) is 0 Å². The normalized spacial score (nSPS) is 11.2. The highest BCUT2D eigenvalue weighted by molar-refractivity contribution is 7.15. The molecule has 2 nitrogen and oxygen atoms in total. The van der Waals surface area contributed by atoms with Crippen molar-refractivity contribution in [3.8, 4) is 10.6 Å². The third-order valence-electron chi connectivity index (χ3n) is 3.92. The number of aromatic amines is 1. The van der Waals surface area contributed by atoms with Crippen LogP contribution in [0.25, 0.3) is 21.5 Å². The summed E-state index contributed by atoms with van der Waals surface area (Å²) in [6.45, 7) is 6.34. The summed E-state index contributed by atoms with van der Waals surface area (Å²) in [7, 11) is 0. The Hall–Kier alpha value is -1.87. The van der Waals surface area contributed by atoms with Crippen molar-refractivity contribution in [3.63, 3.8) is 0 Å². The molecule has 3 rings (SSSR count). The summed E-state index contributed by atoms with van der Waals surface area (Å²) in [6, 6.07) is 8.35. The maximum absolute atomic E-state index is 11.5. The number of aldehydes is 1. The average molecular weight is 283 g/mol. The SMILES string of the molecule is CCc1ccc(-c2[nH]c3c(C)c(C)ccc3c2C=O)s1. The molecule has 1 N–H and O–H groups in total. The van der Waals surface area contributed by atoms with Crippen LogP contribution in [0.5, 0.6) is 0 Å². The molecule has 2 aromatic heterocycles. The molecule has 0 atom stereocenters. The first-order valence-electron chi connectivity index (χ1n) is 6.81. The van der Waals surface area contributed by atoms with Crippen LogP contribution in [0, 0.1) is 13.8 Å². The Balaban J connectivity index is 2.30. The lowest BCUT2D eigenvalue weighted by Gasteiger charge is -2.00. The quantitative estimate of drug-likeness (QED) is 0.682. The van der Waals surface area contributed by atoms with Gasteiger partial charge in [0.15, 0.2) is 6.29 Å². The fourth-order valence-corrected chi connectivity index (χ4v) is 3.51. The molecule has 102 valence electrons. The van der Waals surface area contributed by atoms with E-state index in [1.54, 1.807) is 11.3 Å². The van der Waals surface area contributed by atoms with E-state index in [0.717, 1.165) is 39.7 Å². The lowest BCUT2D eigenvalue weighted by molar-refractivity contribution is 0.112. The molecule has 0 aliphatic heterocycles. The summed E-state index contributed by atoms with van der Waals surface area (Å²) < 4.78 is 0. The zero-order chi connectivity index (χ0) is 14.3. The average Bonchev–Trinajstić information content (AvgIpc) is 3.06. The van der Waals surface area contributed by atoms with Gasteiger partial charge in [-0.2, -0.15) is 0 Å². The van der Waals surface area contributed by atoms with Gasteiger partial charge in [-0.1, -0.05) is 19.1 Å². The Morgan fingerprint density at radius 3 is 2.65 bits per heavy atom. The minimum atomic E-state index is 0.771. The molecule has 0 amide bonds. The van der Waals surface area contributed by atoms with E-state index in [9.17, 15) is 4.79 Å². The molecule has 0 aliphatic rings. The molecule has 0 unspecified atom stereocenters. The highest BCUT2D eigenvalue weighted by atomic mass is 32.1. The van der Waals surface area contributed by atoms with E-state index in [2.05, 4.69) is 44.0 Å². The number of carbonyl (C=O) groups excluding carboxylic acids is 1. The van der Waals surface area contributed by atoms with Gasteiger partial charge in [-0.25, -0.2) is 0 Å². The third-order valence-corrected chi connectivity index (χ3v) is 5.17. The minimum Gasteiger partial charge on any atom is -0.353 e. The van der Waals surface area contributed by atoms with E-state index in [4.69, 9.17) is 0 Å². The van der Waals surface area contributed by atoms with Gasteiger partial charge in [0, 0.05) is 21.3 Å². The van der Waals surface area contributed by atoms with Crippen LogP contribution in [0.3, 0.4) is 0 Å². The Bertz CT molecular complexity index is 795. The van der Waals surface area contributed by atoms with Gasteiger partial charge in [0.2, 0.25) is 0 Å². The van der Waals surface area contributed by atoms with E-state index in [0.29, 0.717) is 0 Å². The number of H-pyrrole nitrogens is 1. The van der Waals surface area contributed by atoms with Gasteiger partial charge < -0.3 is 4.98 Å². The fraction of sp³-hybridized carbons (Fsp3) is 0.235. The first-order chi connectivity index (χ1) is 9.65. The van der Waals surface area contributed by atoms with Crippen LogP contribution in [0.4, 0.5) is 0 Å². The molecule has 0 aliphatic carbocycles. The monoisotopic (exact) mass is 283 g/mol. The van der Waals surface area contributed by atoms with Crippen LogP contribution in [0.1, 0.15) is 33.3 Å². The van der Waals surface area contributed by atoms with Crippen molar-refractivity contribution in [3.05, 3.63) is 45.8 Å². The van der Waals surface area contributed by atoms with Crippen LogP contribution in [0.2, 0.25) is 0 Å². The van der Waals surface area contributed by atoms with Crippen molar-refractivity contribution in [2.24, 2.45) is 0 Å². The lowest BCUT2D eigenvalue weighted by Crippen LogP contribution is -1.82. The predicted molar refractivity (Wildman–Crippen MR) is 85.9 cm³/mol. The van der Waals surface area contributed by atoms with Gasteiger partial charge in [-0.15, -0.1) is 11.3 Å². The number of carbonyl (C=O) groups is 1. The first kappa shape index (κ1) is 13.1. The first-order valence-corrected chi connectivity index (χ1v) is 7.63. The maximum atomic E-state index is 11.5. The summed E-state index contributed by atoms with van der Waals surface area (Å²) in [5.41, 5.74) is 5.25. The maximum Gasteiger partial charge on any atom is 0.152 e. The molecule has 2 heterocycles. The summed E-state index contributed by atoms with van der Waals surface area (Å²) in [5.74, 6) is 0. The second-order valence-corrected chi connectivity index (χ2v) is 6.25. The number of aryl methyl sites for hydroxylation is 3. The van der Waals surface area contributed by atoms with Crippen molar-refractivity contribution < 1.29 is 4.79 Å². The molecular weight excluding hydrogens is 266 g/mol. The Labute approximate surface area is 122 Å². The Morgan fingerprint density at radius 2 is 2.00 bits per heavy atom. The molecule has 0 fully saturated rings. The number of thiophene rings is 1. The van der Waals surface area contributed by atoms with Gasteiger partial charge in [-0.05, 0) is 43.5 Å². The summed E-state index contributed by atoms with van der Waals surface area (Å²) in [4.78, 5) is 17.5. The van der Waals surface area contributed by atoms with Crippen LogP contribution >= 0.6 is 11.3 Å². The molecule has 0 spiro atoms. The number of nitrogens with one attached hydrogen (secondary N) is 1. The van der Waals surface area contributed by atoms with Gasteiger partial charge in [-0.3, -0.25) is 4.79 Å². The van der Waals surface area contributed by atoms with Crippen molar-refractivity contribution in [1.82, 2.24) is 4.98 Å². The summed E-state index contributed by atoms with van der Waals surface area (Å²) >= 11 is 1.75. The van der Waals surface area contributed by atoms with Crippen LogP contribution < -0.4 is 0 Å². The number of benzene rings is 1. The summed E-state index contributed by atoms with van der Waals surface area (Å²) in [6.07, 6.45) is 1.99. The van der Waals surface area contributed by atoms with E-state index < -0.39 is 0 Å². The second-order valence-electron chi connectivity index (χ2n) is 5.08. The van der Waals surface area contributed by atoms with Crippen molar-refractivity contribution >= 4 is 28.5 Å². The lowest BCUT2D eigenvalue weighted by atomic mass is 10.0. The fourth-order valence-electron chi connectivity index (χ4n) is 2.55. The molecule has 0 saturated heterocycles. The number of hydrogen-bond acceptors (Lipinski definition) is 2. The van der Waals surface area contributed by atoms with E-state index >= 15 is 0 Å². The topological polar surface area (TPSA) is 32.9 Å². The highest BCUT2D eigenvalue weighted by Gasteiger charge is 2.15. The number of rotatable bonds is 3. The third kappa shape index (κ3) is 1.90. The molecule has 20 heavy (non-hydrogen) atoms. The molecular formula is C17H17NOS. The zero-order valence-electron chi connectivity index (χ0n) is 11.9. The second kappa shape index (κ2) is 4.91. The van der Waals surface area contributed by atoms with Gasteiger partial charge in [0.25, 0.3) is 0 Å². The highest BCUT2D eigenvalue weighted by Crippen LogP contribution is 2.35. The van der Waals surface area contributed by atoms with Crippen LogP contribution in [0.15, 0.2) is 24.3 Å². The Kier molecular flexibility index (Phi) is 3.22. The van der Waals surface area contributed by atoms with Gasteiger partial charge >= 0.3 is 0 Å². The number of fused-ring (bicyclic) bond motifs is 1. The van der Waals surface area contributed by atoms with Crippen molar-refractivity contribution in [1.29, 1.82) is 0 Å². The van der Waals surface area contributed by atoms with E-state index in [-0.39, 0.29) is 0 Å². The molecule has 0 bridgehead atoms. The largest absolute Gasteiger partial charge is 0.353 e. The zero-order valence-corrected chi connectivity index (χ0v) is 12.7. The van der Waals surface area contributed by atoms with Crippen LogP contribution in [-0.2, 0) is 6.42 Å². The van der Waals surface area contributed by atoms with Crippen molar-refractivity contribution in [2.45, 2.75) is 27.2 Å². The van der Waals surface area contributed by atoms with Gasteiger partial charge in [0.05, 0.1) is 10.6 Å². The molecule has 3 heteroatoms. The predicted octanol–water partition coefficient (Wildman–Crippen LogP) is 4.89. The summed E-state index contributed by atoms with van der Waals surface area (Å²) in [5, 5.41) is 1.02. The molecule has 1 aromatic carbocycles. The number of hydrogen-bond donors (Lipinski definition) is 1. The van der Waals surface area contributed by atoms with E-state index in [1.165, 1.54) is 16.0 Å².